The molecule has 2 unspecified atom stereocenters. The van der Waals surface area contributed by atoms with Crippen LogP contribution in [0.4, 0.5) is 0 Å². The Morgan fingerprint density at radius 2 is 1.17 bits per heavy atom. The van der Waals surface area contributed by atoms with Crippen molar-refractivity contribution < 1.29 is 19.2 Å². The zero-order valence-corrected chi connectivity index (χ0v) is 17.8. The van der Waals surface area contributed by atoms with Gasteiger partial charge in [0.05, 0.1) is 24.9 Å². The van der Waals surface area contributed by atoms with Crippen molar-refractivity contribution in [3.05, 3.63) is 0 Å². The lowest BCUT2D eigenvalue weighted by Gasteiger charge is -2.23. The van der Waals surface area contributed by atoms with Gasteiger partial charge in [-0.1, -0.05) is 13.8 Å². The number of hydrogen-bond acceptors (Lipinski definition) is 4. The summed E-state index contributed by atoms with van der Waals surface area (Å²) in [6, 6.07) is 0. The molecule has 3 fully saturated rings. The summed E-state index contributed by atoms with van der Waals surface area (Å²) < 4.78 is 0. The van der Waals surface area contributed by atoms with Crippen LogP contribution in [0.15, 0.2) is 0 Å². The average Bonchev–Trinajstić information content (AvgIpc) is 3.52. The van der Waals surface area contributed by atoms with Crippen molar-refractivity contribution in [1.82, 2.24) is 19.6 Å². The van der Waals surface area contributed by atoms with Crippen LogP contribution < -0.4 is 0 Å². The topological polar surface area (TPSA) is 81.2 Å². The highest BCUT2D eigenvalue weighted by Crippen LogP contribution is 2.41. The first-order valence-corrected chi connectivity index (χ1v) is 11.1. The predicted molar refractivity (Wildman–Crippen MR) is 108 cm³/mol. The van der Waals surface area contributed by atoms with Crippen LogP contribution in [-0.4, -0.2) is 95.6 Å². The van der Waals surface area contributed by atoms with Gasteiger partial charge in [-0.25, -0.2) is 0 Å². The van der Waals surface area contributed by atoms with Crippen LogP contribution in [0, 0.1) is 11.8 Å². The molecule has 0 aromatic carbocycles. The van der Waals surface area contributed by atoms with Gasteiger partial charge in [-0.15, -0.1) is 0 Å². The molecule has 0 aromatic heterocycles. The van der Waals surface area contributed by atoms with Gasteiger partial charge < -0.3 is 19.6 Å². The Labute approximate surface area is 173 Å². The third-order valence-corrected chi connectivity index (χ3v) is 6.11. The summed E-state index contributed by atoms with van der Waals surface area (Å²) in [5.74, 6) is -0.838. The SMILES string of the molecule is CCCN1CCCN(C(=O)C2CC2C(=O)N2CCCN(CCC)C(=O)C2)CC1=O. The van der Waals surface area contributed by atoms with Crippen LogP contribution in [0.25, 0.3) is 0 Å². The highest BCUT2D eigenvalue weighted by atomic mass is 16.2. The Morgan fingerprint density at radius 1 is 0.759 bits per heavy atom. The standard InChI is InChI=1S/C21H34N4O4/c1-3-7-22-9-5-11-24(14-18(22)26)20(28)16-13-17(16)21(29)25-12-6-10-23(8-4-2)19(27)15-25/h16-17H,3-15H2,1-2H3. The molecule has 3 aliphatic rings. The van der Waals surface area contributed by atoms with Crippen LogP contribution >= 0.6 is 0 Å². The minimum Gasteiger partial charge on any atom is -0.341 e. The van der Waals surface area contributed by atoms with E-state index in [1.54, 1.807) is 9.80 Å². The summed E-state index contributed by atoms with van der Waals surface area (Å²) in [6.45, 7) is 8.27. The maximum atomic E-state index is 12.9. The third-order valence-electron chi connectivity index (χ3n) is 6.11. The van der Waals surface area contributed by atoms with Crippen LogP contribution in [0.1, 0.15) is 46.0 Å². The molecule has 8 nitrogen and oxygen atoms in total. The lowest BCUT2D eigenvalue weighted by Crippen LogP contribution is -2.42. The maximum absolute atomic E-state index is 12.9. The normalized spacial score (nSPS) is 25.7. The Bertz CT molecular complexity index is 599. The van der Waals surface area contributed by atoms with Crippen molar-refractivity contribution in [2.45, 2.75) is 46.0 Å². The van der Waals surface area contributed by atoms with Crippen molar-refractivity contribution in [2.75, 3.05) is 52.4 Å². The van der Waals surface area contributed by atoms with Crippen LogP contribution in [0.3, 0.4) is 0 Å². The molecule has 0 radical (unpaired) electrons. The highest BCUT2D eigenvalue weighted by molar-refractivity contribution is 5.95. The number of amides is 4. The van der Waals surface area contributed by atoms with Crippen LogP contribution in [0.2, 0.25) is 0 Å². The molecule has 8 heteroatoms. The molecule has 0 bridgehead atoms. The van der Waals surface area contributed by atoms with Gasteiger partial charge >= 0.3 is 0 Å². The first-order valence-electron chi connectivity index (χ1n) is 11.1. The van der Waals surface area contributed by atoms with Gasteiger partial charge in [-0.2, -0.15) is 0 Å². The molecule has 0 aromatic rings. The largest absolute Gasteiger partial charge is 0.341 e. The second kappa shape index (κ2) is 9.59. The van der Waals surface area contributed by atoms with Gasteiger partial charge in [0.1, 0.15) is 0 Å². The van der Waals surface area contributed by atoms with Gasteiger partial charge in [0.2, 0.25) is 23.6 Å². The first kappa shape index (κ1) is 21.6. The van der Waals surface area contributed by atoms with Crippen LogP contribution in [-0.2, 0) is 19.2 Å². The monoisotopic (exact) mass is 406 g/mol. The second-order valence-electron chi connectivity index (χ2n) is 8.44. The van der Waals surface area contributed by atoms with Gasteiger partial charge in [0, 0.05) is 39.3 Å². The molecule has 1 aliphatic carbocycles. The van der Waals surface area contributed by atoms with E-state index in [4.69, 9.17) is 0 Å². The van der Waals surface area contributed by atoms with Crippen LogP contribution in [0.5, 0.6) is 0 Å². The minimum atomic E-state index is -0.335. The predicted octanol–water partition coefficient (Wildman–Crippen LogP) is 0.564. The Balaban J connectivity index is 1.54. The average molecular weight is 407 g/mol. The summed E-state index contributed by atoms with van der Waals surface area (Å²) >= 11 is 0. The molecule has 2 atom stereocenters. The van der Waals surface area contributed by atoms with Gasteiger partial charge in [-0.3, -0.25) is 19.2 Å². The lowest BCUT2D eigenvalue weighted by molar-refractivity contribution is -0.142. The van der Waals surface area contributed by atoms with Crippen molar-refractivity contribution in [3.8, 4) is 0 Å². The summed E-state index contributed by atoms with van der Waals surface area (Å²) in [4.78, 5) is 57.5. The summed E-state index contributed by atoms with van der Waals surface area (Å²) in [5, 5.41) is 0. The van der Waals surface area contributed by atoms with E-state index in [1.807, 2.05) is 23.6 Å². The molecule has 0 N–H and O–H groups in total. The van der Waals surface area contributed by atoms with Crippen molar-refractivity contribution in [2.24, 2.45) is 11.8 Å². The molecule has 162 valence electrons. The van der Waals surface area contributed by atoms with E-state index in [-0.39, 0.29) is 48.6 Å². The van der Waals surface area contributed by atoms with E-state index in [9.17, 15) is 19.2 Å². The van der Waals surface area contributed by atoms with Crippen molar-refractivity contribution in [3.63, 3.8) is 0 Å². The molecule has 0 spiro atoms. The molecule has 2 saturated heterocycles. The minimum absolute atomic E-state index is 0.00430. The maximum Gasteiger partial charge on any atom is 0.242 e. The summed E-state index contributed by atoms with van der Waals surface area (Å²) in [6.07, 6.45) is 3.89. The van der Waals surface area contributed by atoms with E-state index in [0.29, 0.717) is 32.6 Å². The Hall–Kier alpha value is -2.12. The molecule has 29 heavy (non-hydrogen) atoms. The van der Waals surface area contributed by atoms with E-state index in [1.165, 1.54) is 0 Å². The Morgan fingerprint density at radius 3 is 1.55 bits per heavy atom. The van der Waals surface area contributed by atoms with Crippen molar-refractivity contribution >= 4 is 23.6 Å². The van der Waals surface area contributed by atoms with Gasteiger partial charge in [0.25, 0.3) is 0 Å². The highest BCUT2D eigenvalue weighted by Gasteiger charge is 2.51. The molecule has 3 rings (SSSR count). The first-order chi connectivity index (χ1) is 14.0. The number of nitrogens with zero attached hydrogens (tertiary/aromatic N) is 4. The van der Waals surface area contributed by atoms with E-state index in [0.717, 1.165) is 38.8 Å². The summed E-state index contributed by atoms with van der Waals surface area (Å²) in [7, 11) is 0. The smallest absolute Gasteiger partial charge is 0.242 e. The molecular formula is C21H34N4O4. The molecule has 2 heterocycles. The zero-order valence-electron chi connectivity index (χ0n) is 17.8. The lowest BCUT2D eigenvalue weighted by atomic mass is 10.2. The number of carbonyl (C=O) groups is 4. The molecule has 1 saturated carbocycles. The number of rotatable bonds is 6. The fourth-order valence-electron chi connectivity index (χ4n) is 4.44. The number of carbonyl (C=O) groups excluding carboxylic acids is 4. The Kier molecular flexibility index (Phi) is 7.14. The summed E-state index contributed by atoms with van der Waals surface area (Å²) in [5.41, 5.74) is 0. The number of hydrogen-bond donors (Lipinski definition) is 0. The fourth-order valence-corrected chi connectivity index (χ4v) is 4.44. The molecular weight excluding hydrogens is 372 g/mol. The molecule has 4 amide bonds. The fraction of sp³-hybridized carbons (Fsp3) is 0.810. The quantitative estimate of drug-likeness (QED) is 0.646. The van der Waals surface area contributed by atoms with E-state index >= 15 is 0 Å². The van der Waals surface area contributed by atoms with Crippen molar-refractivity contribution in [1.29, 1.82) is 0 Å². The van der Waals surface area contributed by atoms with E-state index < -0.39 is 0 Å². The third kappa shape index (κ3) is 5.08. The zero-order chi connectivity index (χ0) is 21.0. The van der Waals surface area contributed by atoms with E-state index in [2.05, 4.69) is 0 Å². The van der Waals surface area contributed by atoms with Gasteiger partial charge in [-0.05, 0) is 32.1 Å². The van der Waals surface area contributed by atoms with Gasteiger partial charge in [0.15, 0.2) is 0 Å². The second-order valence-corrected chi connectivity index (χ2v) is 8.44. The molecule has 2 aliphatic heterocycles.